The Hall–Kier alpha value is -2.27. The number of likely N-dealkylation sites (tertiary alicyclic amines) is 1. The van der Waals surface area contributed by atoms with Gasteiger partial charge in [0.25, 0.3) is 0 Å². The lowest BCUT2D eigenvalue weighted by Gasteiger charge is -2.32. The Bertz CT molecular complexity index is 684. The number of carbonyl (C=O) groups is 1. The number of aromatic nitrogens is 1. The van der Waals surface area contributed by atoms with E-state index in [1.54, 1.807) is 18.2 Å². The second-order valence-electron chi connectivity index (χ2n) is 6.53. The molecular formula is C20H24FN3O. The van der Waals surface area contributed by atoms with E-state index in [9.17, 15) is 9.18 Å². The maximum absolute atomic E-state index is 13.6. The summed E-state index contributed by atoms with van der Waals surface area (Å²) < 4.78 is 13.6. The van der Waals surface area contributed by atoms with Crippen molar-refractivity contribution in [2.75, 3.05) is 13.1 Å². The fraction of sp³-hybridized carbons (Fsp3) is 0.400. The second kappa shape index (κ2) is 8.72. The number of rotatable bonds is 6. The average molecular weight is 341 g/mol. The van der Waals surface area contributed by atoms with Gasteiger partial charge in [-0.15, -0.1) is 0 Å². The third kappa shape index (κ3) is 5.36. The van der Waals surface area contributed by atoms with Crippen LogP contribution in [0.5, 0.6) is 0 Å². The summed E-state index contributed by atoms with van der Waals surface area (Å²) in [5.74, 6) is -0.232. The van der Waals surface area contributed by atoms with E-state index in [0.717, 1.165) is 38.2 Å². The fourth-order valence-corrected chi connectivity index (χ4v) is 3.21. The SMILES string of the molecule is O=C(CCc1ccccc1F)NC1CCN(Cc2ccccn2)CC1. The number of benzene rings is 1. The lowest BCUT2D eigenvalue weighted by molar-refractivity contribution is -0.122. The van der Waals surface area contributed by atoms with Gasteiger partial charge in [-0.25, -0.2) is 4.39 Å². The lowest BCUT2D eigenvalue weighted by Crippen LogP contribution is -2.44. The Morgan fingerprint density at radius 3 is 2.64 bits per heavy atom. The zero-order valence-electron chi connectivity index (χ0n) is 14.3. The number of piperidine rings is 1. The van der Waals surface area contributed by atoms with Crippen molar-refractivity contribution in [3.63, 3.8) is 0 Å². The van der Waals surface area contributed by atoms with Crippen LogP contribution in [0.2, 0.25) is 0 Å². The maximum atomic E-state index is 13.6. The summed E-state index contributed by atoms with van der Waals surface area (Å²) in [6, 6.07) is 12.8. The predicted molar refractivity (Wildman–Crippen MR) is 95.4 cm³/mol. The molecule has 0 saturated carbocycles. The molecule has 132 valence electrons. The standard InChI is InChI=1S/C20H24FN3O/c21-19-7-2-1-5-16(19)8-9-20(25)23-17-10-13-24(14-11-17)15-18-6-3-4-12-22-18/h1-7,12,17H,8-11,13-15H2,(H,23,25). The van der Waals surface area contributed by atoms with Gasteiger partial charge in [-0.2, -0.15) is 0 Å². The first-order valence-corrected chi connectivity index (χ1v) is 8.86. The zero-order valence-corrected chi connectivity index (χ0v) is 14.3. The van der Waals surface area contributed by atoms with Crippen LogP contribution in [-0.2, 0) is 17.8 Å². The number of nitrogens with zero attached hydrogens (tertiary/aromatic N) is 2. The van der Waals surface area contributed by atoms with Gasteiger partial charge < -0.3 is 5.32 Å². The van der Waals surface area contributed by atoms with Crippen molar-refractivity contribution >= 4 is 5.91 Å². The molecule has 0 bridgehead atoms. The number of hydrogen-bond donors (Lipinski definition) is 1. The van der Waals surface area contributed by atoms with Crippen molar-refractivity contribution in [3.05, 3.63) is 65.7 Å². The van der Waals surface area contributed by atoms with E-state index in [4.69, 9.17) is 0 Å². The molecule has 1 aliphatic rings. The molecule has 0 aliphatic carbocycles. The number of pyridine rings is 1. The van der Waals surface area contributed by atoms with Crippen molar-refractivity contribution in [2.45, 2.75) is 38.3 Å². The van der Waals surface area contributed by atoms with Gasteiger partial charge >= 0.3 is 0 Å². The molecular weight excluding hydrogens is 317 g/mol. The maximum Gasteiger partial charge on any atom is 0.220 e. The first-order valence-electron chi connectivity index (χ1n) is 8.86. The molecule has 2 heterocycles. The van der Waals surface area contributed by atoms with Crippen LogP contribution in [0.15, 0.2) is 48.7 Å². The number of nitrogens with one attached hydrogen (secondary N) is 1. The summed E-state index contributed by atoms with van der Waals surface area (Å²) in [5.41, 5.74) is 1.68. The molecule has 1 N–H and O–H groups in total. The van der Waals surface area contributed by atoms with Crippen LogP contribution in [-0.4, -0.2) is 34.9 Å². The van der Waals surface area contributed by atoms with Crippen molar-refractivity contribution < 1.29 is 9.18 Å². The summed E-state index contributed by atoms with van der Waals surface area (Å²) >= 11 is 0. The monoisotopic (exact) mass is 341 g/mol. The van der Waals surface area contributed by atoms with Crippen LogP contribution in [0, 0.1) is 5.82 Å². The van der Waals surface area contributed by atoms with Gasteiger partial charge in [-0.1, -0.05) is 24.3 Å². The molecule has 1 aliphatic heterocycles. The molecule has 5 heteroatoms. The summed E-state index contributed by atoms with van der Waals surface area (Å²) in [5, 5.41) is 3.09. The molecule has 0 atom stereocenters. The van der Waals surface area contributed by atoms with E-state index in [2.05, 4.69) is 15.2 Å². The molecule has 1 aromatic heterocycles. The number of aryl methyl sites for hydroxylation is 1. The minimum absolute atomic E-state index is 0.00595. The van der Waals surface area contributed by atoms with Crippen LogP contribution in [0.4, 0.5) is 4.39 Å². The van der Waals surface area contributed by atoms with Gasteiger partial charge in [0.1, 0.15) is 5.82 Å². The van der Waals surface area contributed by atoms with Gasteiger partial charge in [0, 0.05) is 38.3 Å². The van der Waals surface area contributed by atoms with Crippen molar-refractivity contribution in [2.24, 2.45) is 0 Å². The van der Waals surface area contributed by atoms with Gasteiger partial charge in [0.2, 0.25) is 5.91 Å². The molecule has 1 amide bonds. The fourth-order valence-electron chi connectivity index (χ4n) is 3.21. The highest BCUT2D eigenvalue weighted by molar-refractivity contribution is 5.76. The van der Waals surface area contributed by atoms with Crippen LogP contribution in [0.25, 0.3) is 0 Å². The molecule has 0 radical (unpaired) electrons. The number of amides is 1. The van der Waals surface area contributed by atoms with E-state index in [-0.39, 0.29) is 17.8 Å². The Morgan fingerprint density at radius 1 is 1.16 bits per heavy atom. The average Bonchev–Trinajstić information content (AvgIpc) is 2.64. The van der Waals surface area contributed by atoms with Crippen LogP contribution in [0.1, 0.15) is 30.5 Å². The topological polar surface area (TPSA) is 45.2 Å². The molecule has 1 aromatic carbocycles. The van der Waals surface area contributed by atoms with E-state index >= 15 is 0 Å². The van der Waals surface area contributed by atoms with Gasteiger partial charge in [0.15, 0.2) is 0 Å². The van der Waals surface area contributed by atoms with Gasteiger partial charge in [-0.05, 0) is 43.0 Å². The minimum Gasteiger partial charge on any atom is -0.353 e. The van der Waals surface area contributed by atoms with Crippen LogP contribution in [0.3, 0.4) is 0 Å². The highest BCUT2D eigenvalue weighted by Gasteiger charge is 2.20. The van der Waals surface area contributed by atoms with Gasteiger partial charge in [0.05, 0.1) is 5.69 Å². The van der Waals surface area contributed by atoms with E-state index in [0.29, 0.717) is 18.4 Å². The highest BCUT2D eigenvalue weighted by atomic mass is 19.1. The summed E-state index contributed by atoms with van der Waals surface area (Å²) in [4.78, 5) is 18.8. The van der Waals surface area contributed by atoms with Crippen LogP contribution >= 0.6 is 0 Å². The summed E-state index contributed by atoms with van der Waals surface area (Å²) in [7, 11) is 0. The molecule has 25 heavy (non-hydrogen) atoms. The number of halogens is 1. The quantitative estimate of drug-likeness (QED) is 0.879. The summed E-state index contributed by atoms with van der Waals surface area (Å²) in [6.07, 6.45) is 4.47. The van der Waals surface area contributed by atoms with E-state index < -0.39 is 0 Å². The molecule has 4 nitrogen and oxygen atoms in total. The molecule has 1 fully saturated rings. The molecule has 1 saturated heterocycles. The Morgan fingerprint density at radius 2 is 1.92 bits per heavy atom. The first-order chi connectivity index (χ1) is 12.2. The zero-order chi connectivity index (χ0) is 17.5. The Kier molecular flexibility index (Phi) is 6.12. The minimum atomic E-state index is -0.238. The van der Waals surface area contributed by atoms with E-state index in [1.165, 1.54) is 6.07 Å². The number of carbonyl (C=O) groups excluding carboxylic acids is 1. The largest absolute Gasteiger partial charge is 0.353 e. The second-order valence-corrected chi connectivity index (χ2v) is 6.53. The highest BCUT2D eigenvalue weighted by Crippen LogP contribution is 2.14. The Balaban J connectivity index is 1.38. The van der Waals surface area contributed by atoms with Crippen LogP contribution < -0.4 is 5.32 Å². The third-order valence-electron chi connectivity index (χ3n) is 4.64. The van der Waals surface area contributed by atoms with Crippen molar-refractivity contribution in [3.8, 4) is 0 Å². The molecule has 2 aromatic rings. The lowest BCUT2D eigenvalue weighted by atomic mass is 10.0. The summed E-state index contributed by atoms with van der Waals surface area (Å²) in [6.45, 7) is 2.76. The molecule has 0 unspecified atom stereocenters. The van der Waals surface area contributed by atoms with Crippen molar-refractivity contribution in [1.82, 2.24) is 15.2 Å². The van der Waals surface area contributed by atoms with Crippen molar-refractivity contribution in [1.29, 1.82) is 0 Å². The normalized spacial score (nSPS) is 15.9. The Labute approximate surface area is 148 Å². The van der Waals surface area contributed by atoms with Gasteiger partial charge in [-0.3, -0.25) is 14.7 Å². The predicted octanol–water partition coefficient (Wildman–Crippen LogP) is 2.93. The molecule has 0 spiro atoms. The molecule has 3 rings (SSSR count). The third-order valence-corrected chi connectivity index (χ3v) is 4.64. The first kappa shape index (κ1) is 17.5. The smallest absolute Gasteiger partial charge is 0.220 e. The number of hydrogen-bond acceptors (Lipinski definition) is 3. The van der Waals surface area contributed by atoms with E-state index in [1.807, 2.05) is 24.4 Å².